The highest BCUT2D eigenvalue weighted by Crippen LogP contribution is 2.18. The van der Waals surface area contributed by atoms with Crippen LogP contribution in [0.3, 0.4) is 0 Å². The van der Waals surface area contributed by atoms with E-state index in [0.29, 0.717) is 0 Å². The Bertz CT molecular complexity index is 158. The fraction of sp³-hybridized carbons (Fsp3) is 0.800. The monoisotopic (exact) mass is 170 g/mol. The number of hydrogen-bond donors (Lipinski definition) is 0. The van der Waals surface area contributed by atoms with E-state index in [1.165, 1.54) is 0 Å². The molecule has 0 aromatic rings. The number of amides is 1. The van der Waals surface area contributed by atoms with E-state index in [1.807, 2.05) is 32.6 Å². The summed E-state index contributed by atoms with van der Waals surface area (Å²) in [7, 11) is 0. The lowest BCUT2D eigenvalue weighted by Crippen LogP contribution is -2.49. The molecule has 0 aliphatic heterocycles. The van der Waals surface area contributed by atoms with Crippen LogP contribution in [-0.2, 0) is 4.79 Å². The Morgan fingerprint density at radius 3 is 2.00 bits per heavy atom. The molecule has 0 aliphatic carbocycles. The minimum absolute atomic E-state index is 0.0862. The van der Waals surface area contributed by atoms with Gasteiger partial charge in [-0.2, -0.15) is 0 Å². The van der Waals surface area contributed by atoms with E-state index in [2.05, 4.69) is 13.8 Å². The van der Waals surface area contributed by atoms with Crippen molar-refractivity contribution in [2.75, 3.05) is 0 Å². The third-order valence-electron chi connectivity index (χ3n) is 2.02. The van der Waals surface area contributed by atoms with Gasteiger partial charge in [0.25, 0.3) is 0 Å². The van der Waals surface area contributed by atoms with Crippen molar-refractivity contribution in [3.05, 3.63) is 6.92 Å². The predicted molar refractivity (Wildman–Crippen MR) is 51.7 cm³/mol. The summed E-state index contributed by atoms with van der Waals surface area (Å²) in [5.41, 5.74) is -0.117. The van der Waals surface area contributed by atoms with Crippen LogP contribution >= 0.6 is 0 Å². The van der Waals surface area contributed by atoms with Crippen LogP contribution in [0.25, 0.3) is 0 Å². The highest BCUT2D eigenvalue weighted by molar-refractivity contribution is 5.81. The second-order valence-corrected chi connectivity index (χ2v) is 4.19. The average molecular weight is 170 g/mol. The van der Waals surface area contributed by atoms with E-state index in [1.54, 1.807) is 0 Å². The quantitative estimate of drug-likeness (QED) is 0.622. The molecule has 0 N–H and O–H groups in total. The highest BCUT2D eigenvalue weighted by Gasteiger charge is 2.27. The van der Waals surface area contributed by atoms with E-state index < -0.39 is 0 Å². The standard InChI is InChI=1S/C10H20NO/c1-7-8(2)11(9(3)12)10(4,5)6/h8H,3,7H2,1-2,4-6H3. The lowest BCUT2D eigenvalue weighted by atomic mass is 10.0. The Kier molecular flexibility index (Phi) is 3.75. The minimum atomic E-state index is -0.117. The van der Waals surface area contributed by atoms with Crippen molar-refractivity contribution >= 4 is 5.91 Å². The van der Waals surface area contributed by atoms with Crippen LogP contribution in [0, 0.1) is 6.92 Å². The summed E-state index contributed by atoms with van der Waals surface area (Å²) in [6, 6.07) is 0.273. The topological polar surface area (TPSA) is 20.3 Å². The molecule has 0 fully saturated rings. The number of hydrogen-bond acceptors (Lipinski definition) is 1. The summed E-state index contributed by atoms with van der Waals surface area (Å²) in [6.07, 6.45) is 0.971. The molecule has 0 rings (SSSR count). The molecule has 0 bridgehead atoms. The zero-order valence-corrected chi connectivity index (χ0v) is 8.85. The van der Waals surface area contributed by atoms with Gasteiger partial charge in [-0.1, -0.05) is 6.92 Å². The van der Waals surface area contributed by atoms with Gasteiger partial charge in [0.1, 0.15) is 0 Å². The third-order valence-corrected chi connectivity index (χ3v) is 2.02. The third kappa shape index (κ3) is 2.84. The van der Waals surface area contributed by atoms with Gasteiger partial charge in [-0.3, -0.25) is 4.79 Å². The van der Waals surface area contributed by atoms with Crippen LogP contribution in [0.15, 0.2) is 0 Å². The van der Waals surface area contributed by atoms with Crippen molar-refractivity contribution in [1.29, 1.82) is 0 Å². The molecule has 1 amide bonds. The molecule has 0 saturated heterocycles. The second-order valence-electron chi connectivity index (χ2n) is 4.19. The van der Waals surface area contributed by atoms with Crippen LogP contribution in [0.1, 0.15) is 41.0 Å². The summed E-state index contributed by atoms with van der Waals surface area (Å²) >= 11 is 0. The van der Waals surface area contributed by atoms with Gasteiger partial charge in [0.15, 0.2) is 0 Å². The molecule has 71 valence electrons. The summed E-state index contributed by atoms with van der Waals surface area (Å²) in [6.45, 7) is 13.7. The van der Waals surface area contributed by atoms with Gasteiger partial charge in [0, 0.05) is 18.5 Å². The largest absolute Gasteiger partial charge is 0.335 e. The van der Waals surface area contributed by atoms with Crippen LogP contribution in [0.4, 0.5) is 0 Å². The van der Waals surface area contributed by atoms with E-state index in [9.17, 15) is 4.79 Å². The molecule has 1 unspecified atom stereocenters. The van der Waals surface area contributed by atoms with Crippen LogP contribution in [0.2, 0.25) is 0 Å². The normalized spacial score (nSPS) is 14.2. The SMILES string of the molecule is [CH2]C(=O)N(C(C)CC)C(C)(C)C. The molecular weight excluding hydrogens is 150 g/mol. The summed E-state index contributed by atoms with van der Waals surface area (Å²) in [5, 5.41) is 0. The second kappa shape index (κ2) is 3.92. The molecule has 2 heteroatoms. The maximum atomic E-state index is 11.2. The van der Waals surface area contributed by atoms with Gasteiger partial charge in [-0.25, -0.2) is 0 Å². The lowest BCUT2D eigenvalue weighted by Gasteiger charge is -2.39. The maximum Gasteiger partial charge on any atom is 0.223 e. The van der Waals surface area contributed by atoms with Gasteiger partial charge in [0.05, 0.1) is 0 Å². The number of carbonyl (C=O) groups is 1. The van der Waals surface area contributed by atoms with E-state index >= 15 is 0 Å². The first-order valence-electron chi connectivity index (χ1n) is 4.46. The van der Waals surface area contributed by atoms with Gasteiger partial charge in [-0.05, 0) is 34.1 Å². The van der Waals surface area contributed by atoms with Crippen LogP contribution in [-0.4, -0.2) is 22.4 Å². The van der Waals surface area contributed by atoms with Crippen molar-refractivity contribution in [1.82, 2.24) is 4.90 Å². The van der Waals surface area contributed by atoms with E-state index in [4.69, 9.17) is 0 Å². The predicted octanol–water partition coefficient (Wildman–Crippen LogP) is 2.25. The van der Waals surface area contributed by atoms with E-state index in [-0.39, 0.29) is 17.5 Å². The molecule has 0 aliphatic rings. The lowest BCUT2D eigenvalue weighted by molar-refractivity contribution is -0.133. The van der Waals surface area contributed by atoms with Crippen molar-refractivity contribution in [2.24, 2.45) is 0 Å². The smallest absolute Gasteiger partial charge is 0.223 e. The molecule has 0 aromatic carbocycles. The molecular formula is C10H20NO. The summed E-state index contributed by atoms with van der Waals surface area (Å²) in [4.78, 5) is 13.0. The fourth-order valence-electron chi connectivity index (χ4n) is 1.46. The van der Waals surface area contributed by atoms with Gasteiger partial charge in [-0.15, -0.1) is 0 Å². The Balaban J connectivity index is 4.56. The first-order valence-corrected chi connectivity index (χ1v) is 4.46. The molecule has 0 heterocycles. The van der Waals surface area contributed by atoms with Gasteiger partial charge >= 0.3 is 0 Å². The Morgan fingerprint density at radius 2 is 1.92 bits per heavy atom. The molecule has 12 heavy (non-hydrogen) atoms. The number of carbonyl (C=O) groups excluding carboxylic acids is 1. The first-order chi connectivity index (χ1) is 5.30. The van der Waals surface area contributed by atoms with Crippen molar-refractivity contribution in [3.63, 3.8) is 0 Å². The Labute approximate surface area is 75.9 Å². The molecule has 2 nitrogen and oxygen atoms in total. The Morgan fingerprint density at radius 1 is 1.50 bits per heavy atom. The maximum absolute atomic E-state index is 11.2. The van der Waals surface area contributed by atoms with Crippen LogP contribution in [0.5, 0.6) is 0 Å². The zero-order valence-electron chi connectivity index (χ0n) is 8.85. The van der Waals surface area contributed by atoms with Crippen LogP contribution < -0.4 is 0 Å². The first kappa shape index (κ1) is 11.5. The zero-order chi connectivity index (χ0) is 9.94. The fourth-order valence-corrected chi connectivity index (χ4v) is 1.46. The van der Waals surface area contributed by atoms with Crippen molar-refractivity contribution in [3.8, 4) is 0 Å². The number of nitrogens with zero attached hydrogens (tertiary/aromatic N) is 1. The number of rotatable bonds is 2. The molecule has 0 aromatic heterocycles. The van der Waals surface area contributed by atoms with Crippen molar-refractivity contribution < 1.29 is 4.79 Å². The molecule has 0 saturated carbocycles. The summed E-state index contributed by atoms with van der Waals surface area (Å²) in [5.74, 6) is -0.0862. The van der Waals surface area contributed by atoms with E-state index in [0.717, 1.165) is 6.42 Å². The average Bonchev–Trinajstić information content (AvgIpc) is 1.83. The Hall–Kier alpha value is -0.530. The van der Waals surface area contributed by atoms with Gasteiger partial charge in [0.2, 0.25) is 5.91 Å². The van der Waals surface area contributed by atoms with Gasteiger partial charge < -0.3 is 4.90 Å². The summed E-state index contributed by atoms with van der Waals surface area (Å²) < 4.78 is 0. The molecule has 1 atom stereocenters. The molecule has 1 radical (unpaired) electrons. The highest BCUT2D eigenvalue weighted by atomic mass is 16.2. The minimum Gasteiger partial charge on any atom is -0.335 e. The van der Waals surface area contributed by atoms with Crippen molar-refractivity contribution in [2.45, 2.75) is 52.6 Å². The molecule has 0 spiro atoms.